The lowest BCUT2D eigenvalue weighted by molar-refractivity contribution is 0.0974. The van der Waals surface area contributed by atoms with Crippen LogP contribution in [0, 0.1) is 5.82 Å². The van der Waals surface area contributed by atoms with Crippen LogP contribution in [0.4, 0.5) is 15.8 Å². The number of para-hydroxylation sites is 2. The maximum atomic E-state index is 13.2. The highest BCUT2D eigenvalue weighted by molar-refractivity contribution is 6.07. The zero-order valence-electron chi connectivity index (χ0n) is 15.1. The molecule has 0 saturated carbocycles. The molecule has 4 heteroatoms. The predicted octanol–water partition coefficient (Wildman–Crippen LogP) is 5.42. The Morgan fingerprint density at radius 3 is 2.37 bits per heavy atom. The van der Waals surface area contributed by atoms with Crippen LogP contribution in [0.3, 0.4) is 0 Å². The number of halogens is 1. The summed E-state index contributed by atoms with van der Waals surface area (Å²) in [6.45, 7) is 2.05. The highest BCUT2D eigenvalue weighted by Gasteiger charge is 2.34. The number of rotatable bonds is 3. The minimum Gasteiger partial charge on any atom is -0.378 e. The molecular formula is C23H21FN2O. The van der Waals surface area contributed by atoms with E-state index in [0.29, 0.717) is 5.56 Å². The largest absolute Gasteiger partial charge is 0.378 e. The van der Waals surface area contributed by atoms with Crippen molar-refractivity contribution in [3.05, 3.63) is 95.8 Å². The molecule has 3 aromatic rings. The summed E-state index contributed by atoms with van der Waals surface area (Å²) in [7, 11) is 0. The van der Waals surface area contributed by atoms with Gasteiger partial charge in [0.1, 0.15) is 5.82 Å². The highest BCUT2D eigenvalue weighted by atomic mass is 19.1. The first-order valence-electron chi connectivity index (χ1n) is 9.13. The zero-order chi connectivity index (χ0) is 18.8. The SMILES string of the molecule is CC1CC(Nc2ccccc2)c2ccccc2N1C(=O)c1ccc(F)cc1. The van der Waals surface area contributed by atoms with Crippen molar-refractivity contribution < 1.29 is 9.18 Å². The number of amides is 1. The summed E-state index contributed by atoms with van der Waals surface area (Å²) in [5.74, 6) is -0.445. The molecular weight excluding hydrogens is 339 g/mol. The molecule has 136 valence electrons. The fourth-order valence-corrected chi connectivity index (χ4v) is 3.73. The summed E-state index contributed by atoms with van der Waals surface area (Å²) in [5, 5.41) is 3.59. The number of anilines is 2. The van der Waals surface area contributed by atoms with E-state index in [4.69, 9.17) is 0 Å². The predicted molar refractivity (Wildman–Crippen MR) is 107 cm³/mol. The number of nitrogens with zero attached hydrogens (tertiary/aromatic N) is 1. The number of carbonyl (C=O) groups is 1. The number of hydrogen-bond donors (Lipinski definition) is 1. The molecule has 3 aromatic carbocycles. The van der Waals surface area contributed by atoms with Crippen LogP contribution in [0.25, 0.3) is 0 Å². The lowest BCUT2D eigenvalue weighted by Crippen LogP contribution is -2.44. The first-order chi connectivity index (χ1) is 13.1. The van der Waals surface area contributed by atoms with Gasteiger partial charge in [0.2, 0.25) is 0 Å². The Kier molecular flexibility index (Phi) is 4.63. The molecule has 2 unspecified atom stereocenters. The molecule has 0 saturated heterocycles. The first kappa shape index (κ1) is 17.3. The lowest BCUT2D eigenvalue weighted by atomic mass is 9.90. The van der Waals surface area contributed by atoms with Gasteiger partial charge < -0.3 is 10.2 Å². The molecule has 1 N–H and O–H groups in total. The molecule has 1 amide bonds. The van der Waals surface area contributed by atoms with Crippen molar-refractivity contribution in [2.24, 2.45) is 0 Å². The first-order valence-corrected chi connectivity index (χ1v) is 9.13. The van der Waals surface area contributed by atoms with Gasteiger partial charge >= 0.3 is 0 Å². The quantitative estimate of drug-likeness (QED) is 0.676. The third-order valence-corrected chi connectivity index (χ3v) is 5.01. The Hall–Kier alpha value is -3.14. The van der Waals surface area contributed by atoms with Crippen LogP contribution >= 0.6 is 0 Å². The molecule has 27 heavy (non-hydrogen) atoms. The number of benzene rings is 3. The summed E-state index contributed by atoms with van der Waals surface area (Å²) < 4.78 is 13.2. The van der Waals surface area contributed by atoms with Crippen LogP contribution < -0.4 is 10.2 Å². The topological polar surface area (TPSA) is 32.3 Å². The second-order valence-electron chi connectivity index (χ2n) is 6.89. The van der Waals surface area contributed by atoms with Crippen molar-refractivity contribution in [3.63, 3.8) is 0 Å². The van der Waals surface area contributed by atoms with E-state index in [1.54, 1.807) is 12.1 Å². The van der Waals surface area contributed by atoms with Gasteiger partial charge in [-0.3, -0.25) is 4.79 Å². The molecule has 0 aromatic heterocycles. The monoisotopic (exact) mass is 360 g/mol. The number of fused-ring (bicyclic) bond motifs is 1. The van der Waals surface area contributed by atoms with Crippen LogP contribution in [-0.2, 0) is 0 Å². The van der Waals surface area contributed by atoms with Crippen LogP contribution in [0.15, 0.2) is 78.9 Å². The van der Waals surface area contributed by atoms with Crippen molar-refractivity contribution >= 4 is 17.3 Å². The van der Waals surface area contributed by atoms with Gasteiger partial charge in [-0.05, 0) is 61.4 Å². The molecule has 0 spiro atoms. The molecule has 1 aliphatic rings. The average molecular weight is 360 g/mol. The van der Waals surface area contributed by atoms with E-state index < -0.39 is 0 Å². The van der Waals surface area contributed by atoms with Gasteiger partial charge in [-0.1, -0.05) is 36.4 Å². The highest BCUT2D eigenvalue weighted by Crippen LogP contribution is 2.39. The van der Waals surface area contributed by atoms with Crippen LogP contribution in [0.5, 0.6) is 0 Å². The van der Waals surface area contributed by atoms with Crippen molar-refractivity contribution in [2.75, 3.05) is 10.2 Å². The third kappa shape index (κ3) is 3.43. The van der Waals surface area contributed by atoms with Gasteiger partial charge in [-0.25, -0.2) is 4.39 Å². The molecule has 1 heterocycles. The smallest absolute Gasteiger partial charge is 0.258 e. The zero-order valence-corrected chi connectivity index (χ0v) is 15.1. The summed E-state index contributed by atoms with van der Waals surface area (Å²) in [5.41, 5.74) is 3.55. The maximum absolute atomic E-state index is 13.2. The molecule has 3 nitrogen and oxygen atoms in total. The normalized spacial score (nSPS) is 18.7. The standard InChI is InChI=1S/C23H21FN2O/c1-16-15-21(25-19-7-3-2-4-8-19)20-9-5-6-10-22(20)26(16)23(27)17-11-13-18(24)14-12-17/h2-14,16,21,25H,15H2,1H3. The Morgan fingerprint density at radius 1 is 0.963 bits per heavy atom. The Balaban J connectivity index is 1.68. The fraction of sp³-hybridized carbons (Fsp3) is 0.174. The van der Waals surface area contributed by atoms with Crippen LogP contribution in [-0.4, -0.2) is 11.9 Å². The van der Waals surface area contributed by atoms with Gasteiger partial charge in [0.25, 0.3) is 5.91 Å². The van der Waals surface area contributed by atoms with Gasteiger partial charge in [-0.15, -0.1) is 0 Å². The van der Waals surface area contributed by atoms with E-state index in [0.717, 1.165) is 23.4 Å². The minimum absolute atomic E-state index is 0.0127. The van der Waals surface area contributed by atoms with Crippen LogP contribution in [0.2, 0.25) is 0 Å². The summed E-state index contributed by atoms with van der Waals surface area (Å²) in [4.78, 5) is 15.0. The second-order valence-corrected chi connectivity index (χ2v) is 6.89. The Bertz CT molecular complexity index is 940. The number of hydrogen-bond acceptors (Lipinski definition) is 2. The summed E-state index contributed by atoms with van der Waals surface area (Å²) in [6.07, 6.45) is 0.791. The van der Waals surface area contributed by atoms with Crippen molar-refractivity contribution in [1.82, 2.24) is 0 Å². The molecule has 0 aliphatic carbocycles. The van der Waals surface area contributed by atoms with Crippen LogP contribution in [0.1, 0.15) is 35.3 Å². The van der Waals surface area contributed by atoms with E-state index in [1.807, 2.05) is 53.4 Å². The molecule has 1 aliphatic heterocycles. The van der Waals surface area contributed by atoms with E-state index in [1.165, 1.54) is 12.1 Å². The second kappa shape index (κ2) is 7.23. The fourth-order valence-electron chi connectivity index (χ4n) is 3.73. The van der Waals surface area contributed by atoms with E-state index >= 15 is 0 Å². The van der Waals surface area contributed by atoms with E-state index in [9.17, 15) is 9.18 Å². The Labute approximate surface area is 158 Å². The van der Waals surface area contributed by atoms with E-state index in [2.05, 4.69) is 18.3 Å². The molecule has 0 fully saturated rings. The lowest BCUT2D eigenvalue weighted by Gasteiger charge is -2.40. The van der Waals surface area contributed by atoms with Crippen molar-refractivity contribution in [3.8, 4) is 0 Å². The maximum Gasteiger partial charge on any atom is 0.258 e. The van der Waals surface area contributed by atoms with Crippen molar-refractivity contribution in [2.45, 2.75) is 25.4 Å². The van der Waals surface area contributed by atoms with Crippen molar-refractivity contribution in [1.29, 1.82) is 0 Å². The minimum atomic E-state index is -0.342. The Morgan fingerprint density at radius 2 is 1.63 bits per heavy atom. The van der Waals surface area contributed by atoms with Gasteiger partial charge in [0.15, 0.2) is 0 Å². The summed E-state index contributed by atoms with van der Waals surface area (Å²) >= 11 is 0. The molecule has 2 atom stereocenters. The van der Waals surface area contributed by atoms with Gasteiger partial charge in [0.05, 0.1) is 6.04 Å². The summed E-state index contributed by atoms with van der Waals surface area (Å²) in [6, 6.07) is 23.9. The third-order valence-electron chi connectivity index (χ3n) is 5.01. The van der Waals surface area contributed by atoms with Gasteiger partial charge in [-0.2, -0.15) is 0 Å². The molecule has 0 radical (unpaired) electrons. The average Bonchev–Trinajstić information content (AvgIpc) is 2.69. The number of carbonyl (C=O) groups excluding carboxylic acids is 1. The van der Waals surface area contributed by atoms with E-state index in [-0.39, 0.29) is 23.8 Å². The molecule has 0 bridgehead atoms. The number of nitrogens with one attached hydrogen (secondary N) is 1. The van der Waals surface area contributed by atoms with Gasteiger partial charge in [0, 0.05) is 23.0 Å². The molecule has 4 rings (SSSR count).